The molecule has 33 heavy (non-hydrogen) atoms. The molecule has 3 aromatic rings. The number of hydrogen-bond donors (Lipinski definition) is 2. The Kier molecular flexibility index (Phi) is 6.13. The number of carbonyl (C=O) groups excluding carboxylic acids is 1. The Morgan fingerprint density at radius 2 is 2.06 bits per heavy atom. The highest BCUT2D eigenvalue weighted by Gasteiger charge is 2.26. The van der Waals surface area contributed by atoms with Crippen molar-refractivity contribution in [1.29, 1.82) is 0 Å². The summed E-state index contributed by atoms with van der Waals surface area (Å²) in [7, 11) is 0. The van der Waals surface area contributed by atoms with Crippen LogP contribution in [0.4, 0.5) is 0 Å². The normalized spacial score (nSPS) is 15.5. The van der Waals surface area contributed by atoms with E-state index in [2.05, 4.69) is 32.2 Å². The van der Waals surface area contributed by atoms with Crippen molar-refractivity contribution >= 4 is 29.0 Å². The first-order chi connectivity index (χ1) is 16.2. The van der Waals surface area contributed by atoms with Crippen LogP contribution in [-0.4, -0.2) is 21.9 Å². The van der Waals surface area contributed by atoms with Crippen LogP contribution in [0.25, 0.3) is 10.9 Å². The number of esters is 1. The van der Waals surface area contributed by atoms with Gasteiger partial charge in [0.1, 0.15) is 12.4 Å². The van der Waals surface area contributed by atoms with Crippen LogP contribution in [0.3, 0.4) is 0 Å². The average molecular weight is 460 g/mol. The standard InChI is InChI=1S/C26H25N3O3S/c1-2-31-26(30)14-23(19-10-11-29-20(12-19)15-28-33-29)24-16-27-25-13-21(8-9-22(24)25)32-17-18-6-4-3-5-7-18/h3-13,15-16,23,27-28H,2,14,17H2,1H3. The molecule has 6 nitrogen and oxygen atoms in total. The Hall–Kier alpha value is -3.58. The van der Waals surface area contributed by atoms with Gasteiger partial charge in [0, 0.05) is 41.5 Å². The zero-order chi connectivity index (χ0) is 22.6. The molecule has 0 fully saturated rings. The van der Waals surface area contributed by atoms with Gasteiger partial charge in [-0.2, -0.15) is 0 Å². The SMILES string of the molecule is CCOC(=O)CC(C1=CC2=CNSN2C=C1)c1c[nH]c2cc(OCc3ccccc3)ccc12. The molecule has 168 valence electrons. The summed E-state index contributed by atoms with van der Waals surface area (Å²) in [5.41, 5.74) is 5.29. The Morgan fingerprint density at radius 1 is 1.18 bits per heavy atom. The molecule has 2 aliphatic heterocycles. The Bertz CT molecular complexity index is 1250. The number of ether oxygens (including phenoxy) is 2. The lowest BCUT2D eigenvalue weighted by atomic mass is 9.86. The number of fused-ring (bicyclic) bond motifs is 2. The second-order valence-electron chi connectivity index (χ2n) is 7.85. The number of benzene rings is 2. The molecular weight excluding hydrogens is 434 g/mol. The fourth-order valence-corrected chi connectivity index (χ4v) is 4.73. The van der Waals surface area contributed by atoms with Gasteiger partial charge in [0.05, 0.1) is 30.9 Å². The summed E-state index contributed by atoms with van der Waals surface area (Å²) in [5, 5.41) is 1.07. The fraction of sp³-hybridized carbons (Fsp3) is 0.192. The molecule has 0 amide bonds. The fourth-order valence-electron chi connectivity index (χ4n) is 4.11. The quantitative estimate of drug-likeness (QED) is 0.340. The van der Waals surface area contributed by atoms with Crippen molar-refractivity contribution in [2.45, 2.75) is 25.9 Å². The monoisotopic (exact) mass is 459 g/mol. The van der Waals surface area contributed by atoms with Crippen LogP contribution in [0.15, 0.2) is 90.5 Å². The smallest absolute Gasteiger partial charge is 0.306 e. The van der Waals surface area contributed by atoms with Crippen LogP contribution in [0.5, 0.6) is 5.75 Å². The predicted octanol–water partition coefficient (Wildman–Crippen LogP) is 5.55. The number of H-pyrrole nitrogens is 1. The second kappa shape index (κ2) is 9.50. The number of aromatic amines is 1. The third-order valence-electron chi connectivity index (χ3n) is 5.72. The molecule has 7 heteroatoms. The Morgan fingerprint density at radius 3 is 2.91 bits per heavy atom. The minimum absolute atomic E-state index is 0.126. The number of carbonyl (C=O) groups is 1. The van der Waals surface area contributed by atoms with Gasteiger partial charge in [-0.3, -0.25) is 9.10 Å². The minimum Gasteiger partial charge on any atom is -0.489 e. The second-order valence-corrected chi connectivity index (χ2v) is 8.66. The molecular formula is C26H25N3O3S. The van der Waals surface area contributed by atoms with E-state index >= 15 is 0 Å². The van der Waals surface area contributed by atoms with Gasteiger partial charge in [0.2, 0.25) is 0 Å². The zero-order valence-electron chi connectivity index (χ0n) is 18.3. The van der Waals surface area contributed by atoms with E-state index in [0.29, 0.717) is 13.2 Å². The van der Waals surface area contributed by atoms with Crippen LogP contribution < -0.4 is 9.46 Å². The molecule has 0 bridgehead atoms. The molecule has 1 aromatic heterocycles. The average Bonchev–Trinajstić information content (AvgIpc) is 3.48. The molecule has 2 aliphatic rings. The van der Waals surface area contributed by atoms with Gasteiger partial charge < -0.3 is 19.2 Å². The molecule has 5 rings (SSSR count). The molecule has 0 spiro atoms. The van der Waals surface area contributed by atoms with Gasteiger partial charge in [-0.1, -0.05) is 30.3 Å². The molecule has 2 N–H and O–H groups in total. The maximum Gasteiger partial charge on any atom is 0.306 e. The van der Waals surface area contributed by atoms with Gasteiger partial charge in [-0.05, 0) is 47.9 Å². The first kappa shape index (κ1) is 21.3. The minimum atomic E-state index is -0.204. The highest BCUT2D eigenvalue weighted by Crippen LogP contribution is 2.39. The van der Waals surface area contributed by atoms with Crippen molar-refractivity contribution in [3.05, 3.63) is 102 Å². The van der Waals surface area contributed by atoms with E-state index in [0.717, 1.165) is 39.0 Å². The highest BCUT2D eigenvalue weighted by molar-refractivity contribution is 7.95. The molecule has 2 aromatic carbocycles. The molecule has 0 saturated heterocycles. The Labute approximate surface area is 197 Å². The number of nitrogens with zero attached hydrogens (tertiary/aromatic N) is 1. The van der Waals surface area contributed by atoms with Gasteiger partial charge >= 0.3 is 5.97 Å². The van der Waals surface area contributed by atoms with Crippen molar-refractivity contribution in [3.63, 3.8) is 0 Å². The van der Waals surface area contributed by atoms with E-state index in [1.54, 1.807) is 0 Å². The number of hydrogen-bond acceptors (Lipinski definition) is 6. The number of nitrogens with one attached hydrogen (secondary N) is 2. The lowest BCUT2D eigenvalue weighted by molar-refractivity contribution is -0.143. The maximum absolute atomic E-state index is 12.5. The summed E-state index contributed by atoms with van der Waals surface area (Å²) in [6.45, 7) is 2.72. The third kappa shape index (κ3) is 4.64. The number of allylic oxidation sites excluding steroid dienone is 3. The van der Waals surface area contributed by atoms with E-state index < -0.39 is 0 Å². The van der Waals surface area contributed by atoms with Crippen molar-refractivity contribution in [3.8, 4) is 5.75 Å². The lowest BCUT2D eigenvalue weighted by Gasteiger charge is -2.23. The predicted molar refractivity (Wildman–Crippen MR) is 131 cm³/mol. The summed E-state index contributed by atoms with van der Waals surface area (Å²) >= 11 is 1.51. The summed E-state index contributed by atoms with van der Waals surface area (Å²) in [5.74, 6) is 0.469. The number of rotatable bonds is 8. The van der Waals surface area contributed by atoms with Crippen LogP contribution in [0.2, 0.25) is 0 Å². The van der Waals surface area contributed by atoms with Gasteiger partial charge in [-0.25, -0.2) is 0 Å². The van der Waals surface area contributed by atoms with E-state index in [4.69, 9.17) is 9.47 Å². The van der Waals surface area contributed by atoms with Crippen LogP contribution in [-0.2, 0) is 16.1 Å². The first-order valence-corrected chi connectivity index (χ1v) is 11.7. The number of aromatic nitrogens is 1. The van der Waals surface area contributed by atoms with Crippen molar-refractivity contribution in [1.82, 2.24) is 14.0 Å². The molecule has 0 aliphatic carbocycles. The van der Waals surface area contributed by atoms with Crippen LogP contribution in [0.1, 0.15) is 30.4 Å². The summed E-state index contributed by atoms with van der Waals surface area (Å²) in [6, 6.07) is 16.2. The van der Waals surface area contributed by atoms with Gasteiger partial charge in [0.25, 0.3) is 0 Å². The van der Waals surface area contributed by atoms with Crippen molar-refractivity contribution in [2.24, 2.45) is 0 Å². The van der Waals surface area contributed by atoms with Crippen molar-refractivity contribution in [2.75, 3.05) is 6.61 Å². The van der Waals surface area contributed by atoms with E-state index in [9.17, 15) is 4.79 Å². The summed E-state index contributed by atoms with van der Waals surface area (Å²) < 4.78 is 16.5. The maximum atomic E-state index is 12.5. The third-order valence-corrected chi connectivity index (χ3v) is 6.47. The summed E-state index contributed by atoms with van der Waals surface area (Å²) in [4.78, 5) is 15.9. The van der Waals surface area contributed by atoms with Gasteiger partial charge in [-0.15, -0.1) is 0 Å². The highest BCUT2D eigenvalue weighted by atomic mass is 32.2. The van der Waals surface area contributed by atoms with Crippen LogP contribution in [0, 0.1) is 0 Å². The van der Waals surface area contributed by atoms with E-state index in [1.165, 1.54) is 12.1 Å². The zero-order valence-corrected chi connectivity index (χ0v) is 19.1. The summed E-state index contributed by atoms with van der Waals surface area (Å²) in [6.07, 6.45) is 10.4. The molecule has 1 atom stereocenters. The Balaban J connectivity index is 1.43. The van der Waals surface area contributed by atoms with E-state index in [1.807, 2.05) is 68.0 Å². The molecule has 1 unspecified atom stereocenters. The van der Waals surface area contributed by atoms with Crippen LogP contribution >= 0.6 is 12.1 Å². The van der Waals surface area contributed by atoms with Crippen molar-refractivity contribution < 1.29 is 14.3 Å². The van der Waals surface area contributed by atoms with Gasteiger partial charge in [0.15, 0.2) is 0 Å². The molecule has 0 saturated carbocycles. The topological polar surface area (TPSA) is 66.6 Å². The lowest BCUT2D eigenvalue weighted by Crippen LogP contribution is -2.15. The molecule has 3 heterocycles. The van der Waals surface area contributed by atoms with E-state index in [-0.39, 0.29) is 18.3 Å². The largest absolute Gasteiger partial charge is 0.489 e. The first-order valence-electron chi connectivity index (χ1n) is 11.0. The molecule has 0 radical (unpaired) electrons.